The van der Waals surface area contributed by atoms with Crippen LogP contribution in [-0.2, 0) is 0 Å². The number of hydrogen-bond donors (Lipinski definition) is 0. The van der Waals surface area contributed by atoms with Crippen molar-refractivity contribution in [2.45, 2.75) is 6.04 Å². The quantitative estimate of drug-likeness (QED) is 0.566. The molecule has 1 fully saturated rings. The van der Waals surface area contributed by atoms with Crippen LogP contribution in [-0.4, -0.2) is 42.3 Å². The van der Waals surface area contributed by atoms with Crippen molar-refractivity contribution < 1.29 is 0 Å². The fraction of sp³-hybridized carbons (Fsp3) is 0.208. The topological polar surface area (TPSA) is 18.8 Å². The third kappa shape index (κ3) is 4.61. The summed E-state index contributed by atoms with van der Waals surface area (Å²) >= 11 is 5.95. The second-order valence-electron chi connectivity index (χ2n) is 7.01. The largest absolute Gasteiger partial charge is 0.294 e. The van der Waals surface area contributed by atoms with Crippen LogP contribution >= 0.6 is 11.6 Å². The summed E-state index contributed by atoms with van der Waals surface area (Å²) in [5.74, 6) is 0. The Labute approximate surface area is 171 Å². The van der Waals surface area contributed by atoms with Gasteiger partial charge in [0.05, 0.1) is 12.3 Å². The third-order valence-electron chi connectivity index (χ3n) is 5.13. The molecule has 0 aromatic heterocycles. The lowest BCUT2D eigenvalue weighted by Crippen LogP contribution is -2.45. The third-order valence-corrected chi connectivity index (χ3v) is 5.38. The van der Waals surface area contributed by atoms with Gasteiger partial charge in [0.1, 0.15) is 0 Å². The summed E-state index contributed by atoms with van der Waals surface area (Å²) in [4.78, 5) is 2.55. The fourth-order valence-electron chi connectivity index (χ4n) is 3.67. The van der Waals surface area contributed by atoms with Crippen molar-refractivity contribution in [3.63, 3.8) is 0 Å². The molecule has 1 aliphatic heterocycles. The molecule has 4 rings (SSSR count). The van der Waals surface area contributed by atoms with E-state index in [2.05, 4.69) is 75.7 Å². The number of hydrogen-bond acceptors (Lipinski definition) is 3. The van der Waals surface area contributed by atoms with Gasteiger partial charge in [-0.2, -0.15) is 5.10 Å². The molecule has 0 amide bonds. The van der Waals surface area contributed by atoms with Gasteiger partial charge in [0, 0.05) is 31.2 Å². The van der Waals surface area contributed by atoms with Crippen LogP contribution in [0.3, 0.4) is 0 Å². The van der Waals surface area contributed by atoms with E-state index in [0.717, 1.165) is 36.8 Å². The molecule has 3 nitrogen and oxygen atoms in total. The van der Waals surface area contributed by atoms with Gasteiger partial charge in [-0.1, -0.05) is 84.4 Å². The van der Waals surface area contributed by atoms with E-state index in [0.29, 0.717) is 0 Å². The number of benzene rings is 3. The molecule has 1 aliphatic rings. The van der Waals surface area contributed by atoms with E-state index in [1.54, 1.807) is 0 Å². The molecule has 3 aromatic carbocycles. The van der Waals surface area contributed by atoms with E-state index < -0.39 is 0 Å². The van der Waals surface area contributed by atoms with Crippen LogP contribution in [0.4, 0.5) is 0 Å². The van der Waals surface area contributed by atoms with Gasteiger partial charge in [-0.15, -0.1) is 0 Å². The SMILES string of the molecule is Clc1ccc(/C=N\N2CCN(C(c3ccccc3)c3ccccc3)CC2)cc1. The van der Waals surface area contributed by atoms with Crippen LogP contribution in [0, 0.1) is 0 Å². The van der Waals surface area contributed by atoms with Crippen molar-refractivity contribution in [3.05, 3.63) is 107 Å². The van der Waals surface area contributed by atoms with E-state index in [-0.39, 0.29) is 6.04 Å². The van der Waals surface area contributed by atoms with Gasteiger partial charge in [0.25, 0.3) is 0 Å². The molecule has 0 saturated carbocycles. The minimum atomic E-state index is 0.282. The van der Waals surface area contributed by atoms with Gasteiger partial charge >= 0.3 is 0 Å². The van der Waals surface area contributed by atoms with Gasteiger partial charge in [-0.05, 0) is 28.8 Å². The van der Waals surface area contributed by atoms with E-state index in [1.165, 1.54) is 11.1 Å². The zero-order valence-corrected chi connectivity index (χ0v) is 16.5. The Morgan fingerprint density at radius 2 is 1.25 bits per heavy atom. The Bertz CT molecular complexity index is 847. The predicted molar refractivity (Wildman–Crippen MR) is 117 cm³/mol. The monoisotopic (exact) mass is 389 g/mol. The molecule has 0 atom stereocenters. The highest BCUT2D eigenvalue weighted by Crippen LogP contribution is 2.29. The summed E-state index contributed by atoms with van der Waals surface area (Å²) in [6.45, 7) is 3.79. The Kier molecular flexibility index (Phi) is 6.05. The maximum atomic E-state index is 5.95. The Balaban J connectivity index is 1.45. The van der Waals surface area contributed by atoms with Crippen molar-refractivity contribution in [1.82, 2.24) is 9.91 Å². The van der Waals surface area contributed by atoms with Crippen molar-refractivity contribution in [2.75, 3.05) is 26.2 Å². The Morgan fingerprint density at radius 1 is 0.714 bits per heavy atom. The molecule has 1 heterocycles. The molecule has 142 valence electrons. The highest BCUT2D eigenvalue weighted by Gasteiger charge is 2.25. The molecule has 1 saturated heterocycles. The van der Waals surface area contributed by atoms with Gasteiger partial charge in [-0.25, -0.2) is 0 Å². The first-order valence-electron chi connectivity index (χ1n) is 9.68. The van der Waals surface area contributed by atoms with Gasteiger partial charge in [0.15, 0.2) is 0 Å². The lowest BCUT2D eigenvalue weighted by molar-refractivity contribution is 0.113. The summed E-state index contributed by atoms with van der Waals surface area (Å²) in [6.07, 6.45) is 1.91. The number of halogens is 1. The molecule has 28 heavy (non-hydrogen) atoms. The number of hydrazone groups is 1. The van der Waals surface area contributed by atoms with E-state index in [4.69, 9.17) is 11.6 Å². The summed E-state index contributed by atoms with van der Waals surface area (Å²) < 4.78 is 0. The number of rotatable bonds is 5. The van der Waals surface area contributed by atoms with E-state index in [9.17, 15) is 0 Å². The highest BCUT2D eigenvalue weighted by molar-refractivity contribution is 6.30. The lowest BCUT2D eigenvalue weighted by Gasteiger charge is -2.38. The second-order valence-corrected chi connectivity index (χ2v) is 7.45. The van der Waals surface area contributed by atoms with Crippen molar-refractivity contribution >= 4 is 17.8 Å². The van der Waals surface area contributed by atoms with Crippen LogP contribution in [0.1, 0.15) is 22.7 Å². The van der Waals surface area contributed by atoms with E-state index in [1.807, 2.05) is 30.5 Å². The molecule has 0 spiro atoms. The average Bonchev–Trinajstić information content (AvgIpc) is 2.76. The van der Waals surface area contributed by atoms with Crippen LogP contribution in [0.25, 0.3) is 0 Å². The van der Waals surface area contributed by atoms with E-state index >= 15 is 0 Å². The molecular formula is C24H24ClN3. The maximum Gasteiger partial charge on any atom is 0.0603 e. The first-order valence-corrected chi connectivity index (χ1v) is 10.1. The summed E-state index contributed by atoms with van der Waals surface area (Å²) in [5, 5.41) is 7.56. The molecule has 0 aliphatic carbocycles. The zero-order valence-electron chi connectivity index (χ0n) is 15.8. The second kappa shape index (κ2) is 9.05. The summed E-state index contributed by atoms with van der Waals surface area (Å²) in [5.41, 5.74) is 3.75. The average molecular weight is 390 g/mol. The smallest absolute Gasteiger partial charge is 0.0603 e. The standard InChI is InChI=1S/C24H24ClN3/c25-23-13-11-20(12-14-23)19-26-28-17-15-27(16-18-28)24(21-7-3-1-4-8-21)22-9-5-2-6-10-22/h1-14,19,24H,15-18H2/b26-19-. The molecule has 0 unspecified atom stereocenters. The van der Waals surface area contributed by atoms with Crippen LogP contribution in [0.2, 0.25) is 5.02 Å². The molecule has 4 heteroatoms. The van der Waals surface area contributed by atoms with Gasteiger partial charge < -0.3 is 0 Å². The Hall–Kier alpha value is -2.62. The van der Waals surface area contributed by atoms with Gasteiger partial charge in [0.2, 0.25) is 0 Å². The summed E-state index contributed by atoms with van der Waals surface area (Å²) in [6, 6.07) is 29.6. The van der Waals surface area contributed by atoms with Crippen LogP contribution in [0.5, 0.6) is 0 Å². The minimum Gasteiger partial charge on any atom is -0.294 e. The molecule has 0 N–H and O–H groups in total. The molecular weight excluding hydrogens is 366 g/mol. The van der Waals surface area contributed by atoms with Crippen LogP contribution < -0.4 is 0 Å². The number of piperazine rings is 1. The normalized spacial score (nSPS) is 15.4. The predicted octanol–water partition coefficient (Wildman–Crippen LogP) is 5.08. The Morgan fingerprint density at radius 3 is 1.79 bits per heavy atom. The number of nitrogens with zero attached hydrogens (tertiary/aromatic N) is 3. The van der Waals surface area contributed by atoms with Gasteiger partial charge in [-0.3, -0.25) is 9.91 Å². The summed E-state index contributed by atoms with van der Waals surface area (Å²) in [7, 11) is 0. The minimum absolute atomic E-state index is 0.282. The van der Waals surface area contributed by atoms with Crippen LogP contribution in [0.15, 0.2) is 90.0 Å². The van der Waals surface area contributed by atoms with Crippen molar-refractivity contribution in [1.29, 1.82) is 0 Å². The zero-order chi connectivity index (χ0) is 19.2. The van der Waals surface area contributed by atoms with Crippen molar-refractivity contribution in [3.8, 4) is 0 Å². The molecule has 0 bridgehead atoms. The first kappa shape index (κ1) is 18.7. The molecule has 0 radical (unpaired) electrons. The lowest BCUT2D eigenvalue weighted by atomic mass is 9.96. The first-order chi connectivity index (χ1) is 13.8. The fourth-order valence-corrected chi connectivity index (χ4v) is 3.79. The maximum absolute atomic E-state index is 5.95. The highest BCUT2D eigenvalue weighted by atomic mass is 35.5. The molecule has 3 aromatic rings. The van der Waals surface area contributed by atoms with Crippen molar-refractivity contribution in [2.24, 2.45) is 5.10 Å².